The number of hydrogen-bond acceptors (Lipinski definition) is 2. The molecule has 3 rings (SSSR count). The van der Waals surface area contributed by atoms with Crippen molar-refractivity contribution < 1.29 is 4.74 Å². The van der Waals surface area contributed by atoms with E-state index in [0.717, 1.165) is 5.75 Å². The van der Waals surface area contributed by atoms with Crippen LogP contribution in [-0.2, 0) is 6.42 Å². The van der Waals surface area contributed by atoms with Gasteiger partial charge in [0.2, 0.25) is 0 Å². The zero-order chi connectivity index (χ0) is 13.9. The summed E-state index contributed by atoms with van der Waals surface area (Å²) in [6, 6.07) is 17.7. The van der Waals surface area contributed by atoms with E-state index in [0.29, 0.717) is 6.04 Å². The van der Waals surface area contributed by atoms with E-state index in [2.05, 4.69) is 48.6 Å². The first-order valence-corrected chi connectivity index (χ1v) is 7.26. The molecule has 104 valence electrons. The molecule has 1 aliphatic carbocycles. The van der Waals surface area contributed by atoms with Crippen molar-refractivity contribution in [2.45, 2.75) is 31.8 Å². The summed E-state index contributed by atoms with van der Waals surface area (Å²) in [4.78, 5) is 0. The van der Waals surface area contributed by atoms with Crippen LogP contribution in [0.3, 0.4) is 0 Å². The second-order valence-electron chi connectivity index (χ2n) is 5.42. The van der Waals surface area contributed by atoms with E-state index >= 15 is 0 Å². The van der Waals surface area contributed by atoms with Crippen molar-refractivity contribution in [3.63, 3.8) is 0 Å². The fourth-order valence-electron chi connectivity index (χ4n) is 3.15. The Balaban J connectivity index is 1.79. The number of ether oxygens (including phenoxy) is 1. The molecule has 0 saturated carbocycles. The van der Waals surface area contributed by atoms with E-state index in [1.807, 2.05) is 12.1 Å². The van der Waals surface area contributed by atoms with Crippen molar-refractivity contribution in [2.75, 3.05) is 7.11 Å². The standard InChI is InChI=1S/C18H21NO/c1-13(15-8-5-6-10-18(15)20-2)19-17-12-11-14-7-3-4-9-16(14)17/h3-10,13,17,19H,11-12H2,1-2H3. The zero-order valence-corrected chi connectivity index (χ0v) is 12.1. The SMILES string of the molecule is COc1ccccc1C(C)NC1CCc2ccccc21. The van der Waals surface area contributed by atoms with Gasteiger partial charge >= 0.3 is 0 Å². The summed E-state index contributed by atoms with van der Waals surface area (Å²) in [5.41, 5.74) is 4.16. The van der Waals surface area contributed by atoms with Crippen LogP contribution in [0.15, 0.2) is 48.5 Å². The van der Waals surface area contributed by atoms with Crippen molar-refractivity contribution in [3.8, 4) is 5.75 Å². The first kappa shape index (κ1) is 13.2. The third-order valence-electron chi connectivity index (χ3n) is 4.19. The van der Waals surface area contributed by atoms with Crippen LogP contribution >= 0.6 is 0 Å². The van der Waals surface area contributed by atoms with Crippen LogP contribution in [0.25, 0.3) is 0 Å². The van der Waals surface area contributed by atoms with Gasteiger partial charge in [-0.1, -0.05) is 42.5 Å². The van der Waals surface area contributed by atoms with Gasteiger partial charge in [0, 0.05) is 17.6 Å². The van der Waals surface area contributed by atoms with Crippen LogP contribution in [0.2, 0.25) is 0 Å². The first-order chi connectivity index (χ1) is 9.79. The summed E-state index contributed by atoms with van der Waals surface area (Å²) in [5.74, 6) is 0.957. The molecule has 0 aliphatic heterocycles. The molecule has 1 aliphatic rings. The van der Waals surface area contributed by atoms with Crippen LogP contribution in [0.4, 0.5) is 0 Å². The molecule has 2 heteroatoms. The molecule has 0 heterocycles. The highest BCUT2D eigenvalue weighted by molar-refractivity contribution is 5.37. The largest absolute Gasteiger partial charge is 0.496 e. The van der Waals surface area contributed by atoms with Crippen molar-refractivity contribution in [2.24, 2.45) is 0 Å². The summed E-state index contributed by atoms with van der Waals surface area (Å²) in [7, 11) is 1.73. The van der Waals surface area contributed by atoms with Crippen molar-refractivity contribution in [1.29, 1.82) is 0 Å². The second-order valence-corrected chi connectivity index (χ2v) is 5.42. The minimum absolute atomic E-state index is 0.280. The summed E-state index contributed by atoms with van der Waals surface area (Å²) in [6.45, 7) is 2.21. The lowest BCUT2D eigenvalue weighted by atomic mass is 10.0. The maximum Gasteiger partial charge on any atom is 0.123 e. The second kappa shape index (κ2) is 5.68. The molecule has 2 aromatic carbocycles. The minimum Gasteiger partial charge on any atom is -0.496 e. The molecule has 0 saturated heterocycles. The Morgan fingerprint density at radius 2 is 1.85 bits per heavy atom. The average Bonchev–Trinajstić information content (AvgIpc) is 2.90. The van der Waals surface area contributed by atoms with Gasteiger partial charge in [0.25, 0.3) is 0 Å². The van der Waals surface area contributed by atoms with Gasteiger partial charge in [0.1, 0.15) is 5.75 Å². The van der Waals surface area contributed by atoms with Crippen molar-refractivity contribution in [1.82, 2.24) is 5.32 Å². The highest BCUT2D eigenvalue weighted by atomic mass is 16.5. The molecule has 20 heavy (non-hydrogen) atoms. The van der Waals surface area contributed by atoms with Crippen LogP contribution in [0.5, 0.6) is 5.75 Å². The summed E-state index contributed by atoms with van der Waals surface area (Å²) < 4.78 is 5.46. The molecule has 2 nitrogen and oxygen atoms in total. The monoisotopic (exact) mass is 267 g/mol. The van der Waals surface area contributed by atoms with Gasteiger partial charge in [-0.05, 0) is 37.0 Å². The number of para-hydroxylation sites is 1. The number of aryl methyl sites for hydroxylation is 1. The molecule has 0 radical (unpaired) electrons. The smallest absolute Gasteiger partial charge is 0.123 e. The molecular weight excluding hydrogens is 246 g/mol. The number of nitrogens with one attached hydrogen (secondary N) is 1. The van der Waals surface area contributed by atoms with E-state index in [9.17, 15) is 0 Å². The van der Waals surface area contributed by atoms with Crippen LogP contribution in [-0.4, -0.2) is 7.11 Å². The Labute approximate surface area is 120 Å². The highest BCUT2D eigenvalue weighted by Gasteiger charge is 2.24. The maximum atomic E-state index is 5.46. The Hall–Kier alpha value is -1.80. The quantitative estimate of drug-likeness (QED) is 0.903. The Morgan fingerprint density at radius 3 is 2.70 bits per heavy atom. The topological polar surface area (TPSA) is 21.3 Å². The van der Waals surface area contributed by atoms with Gasteiger partial charge in [-0.3, -0.25) is 0 Å². The lowest BCUT2D eigenvalue weighted by Gasteiger charge is -2.22. The molecule has 1 N–H and O–H groups in total. The molecule has 0 spiro atoms. The fraction of sp³-hybridized carbons (Fsp3) is 0.333. The molecule has 2 unspecified atom stereocenters. The Kier molecular flexibility index (Phi) is 3.75. The number of fused-ring (bicyclic) bond motifs is 1. The highest BCUT2D eigenvalue weighted by Crippen LogP contribution is 2.34. The molecule has 0 amide bonds. The van der Waals surface area contributed by atoms with E-state index in [1.165, 1.54) is 29.5 Å². The van der Waals surface area contributed by atoms with E-state index in [4.69, 9.17) is 4.74 Å². The molecular formula is C18H21NO. The summed E-state index contributed by atoms with van der Waals surface area (Å²) in [5, 5.41) is 3.75. The minimum atomic E-state index is 0.280. The van der Waals surface area contributed by atoms with Gasteiger partial charge in [0.15, 0.2) is 0 Å². The van der Waals surface area contributed by atoms with Gasteiger partial charge in [-0.2, -0.15) is 0 Å². The lowest BCUT2D eigenvalue weighted by Crippen LogP contribution is -2.23. The Morgan fingerprint density at radius 1 is 1.10 bits per heavy atom. The summed E-state index contributed by atoms with van der Waals surface area (Å²) in [6.07, 6.45) is 2.35. The molecule has 0 aromatic heterocycles. The van der Waals surface area contributed by atoms with Crippen molar-refractivity contribution in [3.05, 3.63) is 65.2 Å². The molecule has 2 atom stereocenters. The van der Waals surface area contributed by atoms with E-state index in [1.54, 1.807) is 7.11 Å². The number of hydrogen-bond donors (Lipinski definition) is 1. The van der Waals surface area contributed by atoms with Gasteiger partial charge < -0.3 is 10.1 Å². The van der Waals surface area contributed by atoms with Crippen LogP contribution in [0.1, 0.15) is 42.1 Å². The van der Waals surface area contributed by atoms with E-state index in [-0.39, 0.29) is 6.04 Å². The Bertz CT molecular complexity index is 593. The van der Waals surface area contributed by atoms with Gasteiger partial charge in [-0.25, -0.2) is 0 Å². The lowest BCUT2D eigenvalue weighted by molar-refractivity contribution is 0.393. The predicted octanol–water partition coefficient (Wildman–Crippen LogP) is 4.03. The fourth-order valence-corrected chi connectivity index (χ4v) is 3.15. The van der Waals surface area contributed by atoms with Gasteiger partial charge in [0.05, 0.1) is 7.11 Å². The predicted molar refractivity (Wildman–Crippen MR) is 82.0 cm³/mol. The molecule has 0 fully saturated rings. The third-order valence-corrected chi connectivity index (χ3v) is 4.19. The van der Waals surface area contributed by atoms with Crippen LogP contribution < -0.4 is 10.1 Å². The van der Waals surface area contributed by atoms with Crippen LogP contribution in [0, 0.1) is 0 Å². The number of rotatable bonds is 4. The number of benzene rings is 2. The molecule has 2 aromatic rings. The maximum absolute atomic E-state index is 5.46. The summed E-state index contributed by atoms with van der Waals surface area (Å²) >= 11 is 0. The normalized spacial score (nSPS) is 18.6. The number of methoxy groups -OCH3 is 1. The zero-order valence-electron chi connectivity index (χ0n) is 12.1. The third kappa shape index (κ3) is 2.44. The van der Waals surface area contributed by atoms with Crippen molar-refractivity contribution >= 4 is 0 Å². The molecule has 0 bridgehead atoms. The van der Waals surface area contributed by atoms with Gasteiger partial charge in [-0.15, -0.1) is 0 Å². The van der Waals surface area contributed by atoms with E-state index < -0.39 is 0 Å². The average molecular weight is 267 g/mol. The first-order valence-electron chi connectivity index (χ1n) is 7.26.